The summed E-state index contributed by atoms with van der Waals surface area (Å²) in [4.78, 5) is 0. The average Bonchev–Trinajstić information content (AvgIpc) is 1.72. The zero-order chi connectivity index (χ0) is 4.24. The van der Waals surface area contributed by atoms with Crippen LogP contribution in [-0.2, 0) is 17.1 Å². The van der Waals surface area contributed by atoms with E-state index in [4.69, 9.17) is 0 Å². The average molecular weight is 167 g/mol. The van der Waals surface area contributed by atoms with Crippen molar-refractivity contribution in [1.82, 2.24) is 0 Å². The van der Waals surface area contributed by atoms with Crippen molar-refractivity contribution in [3.8, 4) is 0 Å². The van der Waals surface area contributed by atoms with Crippen LogP contribution in [-0.4, -0.2) is 0 Å². The molecule has 0 heterocycles. The van der Waals surface area contributed by atoms with Gasteiger partial charge in [0.1, 0.15) is 0 Å². The topological polar surface area (TPSA) is 0 Å². The Labute approximate surface area is 66.2 Å². The first-order valence-corrected chi connectivity index (χ1v) is 1.91. The van der Waals surface area contributed by atoms with Crippen LogP contribution in [0.2, 0.25) is 0 Å². The van der Waals surface area contributed by atoms with Crippen molar-refractivity contribution in [2.75, 3.05) is 0 Å². The zero-order valence-electron chi connectivity index (χ0n) is 4.14. The first-order chi connectivity index (χ1) is 3.00. The first kappa shape index (κ1) is 10.9. The molecule has 1 rings (SSSR count). The Hall–Kier alpha value is 0.0295. The molecule has 0 amide bonds. The second kappa shape index (κ2) is 7.03. The van der Waals surface area contributed by atoms with Gasteiger partial charge in [0.15, 0.2) is 0 Å². The summed E-state index contributed by atoms with van der Waals surface area (Å²) in [5.74, 6) is 0. The SMILES string of the molecule is [Cl-].[Mn].[c]1ccccc1. The molecule has 8 heavy (non-hydrogen) atoms. The molecule has 1 aromatic carbocycles. The van der Waals surface area contributed by atoms with Gasteiger partial charge in [0.05, 0.1) is 0 Å². The molecule has 0 nitrogen and oxygen atoms in total. The number of hydrogen-bond donors (Lipinski definition) is 0. The molecule has 0 aromatic heterocycles. The summed E-state index contributed by atoms with van der Waals surface area (Å²) in [5, 5.41) is 0. The minimum absolute atomic E-state index is 0. The molecular formula is C6H5ClMn-. The predicted molar refractivity (Wildman–Crippen MR) is 25.3 cm³/mol. The second-order valence-electron chi connectivity index (χ2n) is 1.08. The van der Waals surface area contributed by atoms with Crippen LogP contribution < -0.4 is 12.4 Å². The van der Waals surface area contributed by atoms with E-state index >= 15 is 0 Å². The molecule has 0 aliphatic rings. The van der Waals surface area contributed by atoms with E-state index < -0.39 is 0 Å². The molecule has 0 bridgehead atoms. The van der Waals surface area contributed by atoms with Gasteiger partial charge in [-0.3, -0.25) is 0 Å². The summed E-state index contributed by atoms with van der Waals surface area (Å²) >= 11 is 0. The van der Waals surface area contributed by atoms with Crippen molar-refractivity contribution in [2.45, 2.75) is 0 Å². The number of hydrogen-bond acceptors (Lipinski definition) is 0. The summed E-state index contributed by atoms with van der Waals surface area (Å²) in [6.45, 7) is 0. The summed E-state index contributed by atoms with van der Waals surface area (Å²) in [6, 6.07) is 12.5. The third-order valence-corrected chi connectivity index (χ3v) is 0.607. The monoisotopic (exact) mass is 167 g/mol. The Bertz CT molecular complexity index is 80.5. The van der Waals surface area contributed by atoms with Gasteiger partial charge >= 0.3 is 0 Å². The Morgan fingerprint density at radius 2 is 1.38 bits per heavy atom. The van der Waals surface area contributed by atoms with Crippen molar-refractivity contribution in [2.24, 2.45) is 0 Å². The van der Waals surface area contributed by atoms with Gasteiger partial charge in [0, 0.05) is 17.1 Å². The van der Waals surface area contributed by atoms with Gasteiger partial charge in [-0.1, -0.05) is 30.3 Å². The predicted octanol–water partition coefficient (Wildman–Crippen LogP) is -1.51. The fraction of sp³-hybridized carbons (Fsp3) is 0. The quantitative estimate of drug-likeness (QED) is 0.412. The van der Waals surface area contributed by atoms with Crippen molar-refractivity contribution in [3.05, 3.63) is 36.4 Å². The van der Waals surface area contributed by atoms with Gasteiger partial charge in [-0.15, -0.1) is 0 Å². The smallest absolute Gasteiger partial charge is 0 e. The maximum atomic E-state index is 2.89. The second-order valence-corrected chi connectivity index (χ2v) is 1.08. The molecule has 0 saturated heterocycles. The van der Waals surface area contributed by atoms with Crippen LogP contribution in [0.3, 0.4) is 0 Å². The van der Waals surface area contributed by atoms with Crippen molar-refractivity contribution in [3.63, 3.8) is 0 Å². The molecule has 0 spiro atoms. The number of benzene rings is 1. The summed E-state index contributed by atoms with van der Waals surface area (Å²) in [6.07, 6.45) is 0. The standard InChI is InChI=1S/C6H5.ClH.Mn/c1-2-4-6-5-3-1;;/h1-5H;1H;/p-1. The molecule has 0 N–H and O–H groups in total. The third-order valence-electron chi connectivity index (χ3n) is 0.607. The molecule has 0 unspecified atom stereocenters. The fourth-order valence-corrected chi connectivity index (χ4v) is 0.342. The van der Waals surface area contributed by atoms with E-state index in [1.54, 1.807) is 0 Å². The van der Waals surface area contributed by atoms with E-state index in [2.05, 4.69) is 6.07 Å². The number of rotatable bonds is 0. The van der Waals surface area contributed by atoms with Crippen LogP contribution in [0.1, 0.15) is 0 Å². The van der Waals surface area contributed by atoms with E-state index in [-0.39, 0.29) is 29.5 Å². The van der Waals surface area contributed by atoms with E-state index in [1.807, 2.05) is 30.3 Å². The van der Waals surface area contributed by atoms with Crippen LogP contribution in [0.25, 0.3) is 0 Å². The molecule has 0 saturated carbocycles. The molecule has 44 valence electrons. The largest absolute Gasteiger partial charge is 1.00 e. The molecule has 0 atom stereocenters. The number of halogens is 1. The van der Waals surface area contributed by atoms with Gasteiger partial charge in [-0.05, 0) is 6.07 Å². The van der Waals surface area contributed by atoms with Gasteiger partial charge in [-0.25, -0.2) is 0 Å². The normalized spacial score (nSPS) is 6.00. The maximum absolute atomic E-state index is 2.89. The Balaban J connectivity index is 0. The molecule has 0 aliphatic carbocycles. The van der Waals surface area contributed by atoms with Gasteiger partial charge in [-0.2, -0.15) is 0 Å². The fourth-order valence-electron chi connectivity index (χ4n) is 0.342. The van der Waals surface area contributed by atoms with Crippen molar-refractivity contribution in [1.29, 1.82) is 0 Å². The minimum Gasteiger partial charge on any atom is -1.00 e. The van der Waals surface area contributed by atoms with Gasteiger partial charge in [0.25, 0.3) is 0 Å². The summed E-state index contributed by atoms with van der Waals surface area (Å²) in [5.41, 5.74) is 0. The summed E-state index contributed by atoms with van der Waals surface area (Å²) in [7, 11) is 0. The van der Waals surface area contributed by atoms with Gasteiger partial charge < -0.3 is 12.4 Å². The minimum atomic E-state index is 0. The third kappa shape index (κ3) is 4.20. The van der Waals surface area contributed by atoms with Crippen LogP contribution in [0.4, 0.5) is 0 Å². The van der Waals surface area contributed by atoms with Crippen molar-refractivity contribution >= 4 is 0 Å². The van der Waals surface area contributed by atoms with Gasteiger partial charge in [0.2, 0.25) is 0 Å². The Morgan fingerprint density at radius 3 is 1.50 bits per heavy atom. The van der Waals surface area contributed by atoms with E-state index in [9.17, 15) is 0 Å². The van der Waals surface area contributed by atoms with Crippen LogP contribution in [0, 0.1) is 6.07 Å². The summed E-state index contributed by atoms with van der Waals surface area (Å²) < 4.78 is 0. The van der Waals surface area contributed by atoms with E-state index in [0.29, 0.717) is 0 Å². The first-order valence-electron chi connectivity index (χ1n) is 1.91. The van der Waals surface area contributed by atoms with E-state index in [1.165, 1.54) is 0 Å². The van der Waals surface area contributed by atoms with Crippen LogP contribution in [0.15, 0.2) is 30.3 Å². The van der Waals surface area contributed by atoms with E-state index in [0.717, 1.165) is 0 Å². The Kier molecular flexibility index (Phi) is 9.59. The molecular weight excluding hydrogens is 162 g/mol. The van der Waals surface area contributed by atoms with Crippen molar-refractivity contribution < 1.29 is 29.5 Å². The van der Waals surface area contributed by atoms with Crippen LogP contribution >= 0.6 is 0 Å². The molecule has 0 aliphatic heterocycles. The molecule has 2 radical (unpaired) electrons. The zero-order valence-corrected chi connectivity index (χ0v) is 6.08. The molecule has 0 fully saturated rings. The van der Waals surface area contributed by atoms with Crippen LogP contribution in [0.5, 0.6) is 0 Å². The maximum Gasteiger partial charge on any atom is 0 e. The molecule has 1 aromatic rings. The molecule has 2 heteroatoms. The Morgan fingerprint density at radius 1 is 0.875 bits per heavy atom.